The van der Waals surface area contributed by atoms with Gasteiger partial charge in [0.25, 0.3) is 0 Å². The Morgan fingerprint density at radius 1 is 1.86 bits per heavy atom. The number of hydrogen-bond acceptors (Lipinski definition) is 2. The summed E-state index contributed by atoms with van der Waals surface area (Å²) in [5, 5.41) is 7.87. The molecule has 0 aromatic carbocycles. The van der Waals surface area contributed by atoms with E-state index in [-0.39, 0.29) is 17.4 Å². The van der Waals surface area contributed by atoms with Crippen LogP contribution in [0.25, 0.3) is 0 Å². The van der Waals surface area contributed by atoms with Gasteiger partial charge in [-0.25, -0.2) is 0 Å². The van der Waals surface area contributed by atoms with Crippen LogP contribution in [0, 0.1) is 0 Å². The summed E-state index contributed by atoms with van der Waals surface area (Å²) in [5.74, 6) is -0.963. The van der Waals surface area contributed by atoms with E-state index in [2.05, 4.69) is 0 Å². The molecule has 0 bridgehead atoms. The summed E-state index contributed by atoms with van der Waals surface area (Å²) in [6.07, 6.45) is 0. The van der Waals surface area contributed by atoms with Crippen LogP contribution >= 0.6 is 0 Å². The van der Waals surface area contributed by atoms with E-state index < -0.39 is 12.0 Å². The van der Waals surface area contributed by atoms with E-state index in [0.29, 0.717) is 0 Å². The van der Waals surface area contributed by atoms with Crippen molar-refractivity contribution in [1.29, 1.82) is 0 Å². The van der Waals surface area contributed by atoms with Gasteiger partial charge < -0.3 is 10.8 Å². The number of hydrogen-bond donors (Lipinski definition) is 2. The Kier molecular flexibility index (Phi) is 5.93. The maximum Gasteiger partial charge on any atom is 3.00 e. The third-order valence-electron chi connectivity index (χ3n) is 0.390. The monoisotopic (exact) mass is 116 g/mol. The molecule has 3 nitrogen and oxygen atoms in total. The molecule has 0 saturated carbocycles. The first-order chi connectivity index (χ1) is 2.64. The summed E-state index contributed by atoms with van der Waals surface area (Å²) in [4.78, 5) is 9.57. The van der Waals surface area contributed by atoms with E-state index in [4.69, 9.17) is 10.8 Å². The van der Waals surface area contributed by atoms with Gasteiger partial charge in [-0.15, -0.1) is 0 Å². The Balaban J connectivity index is 0. The molecule has 0 aliphatic heterocycles. The van der Waals surface area contributed by atoms with Gasteiger partial charge in [-0.2, -0.15) is 0 Å². The molecule has 1 unspecified atom stereocenters. The van der Waals surface area contributed by atoms with Gasteiger partial charge in [0.2, 0.25) is 0 Å². The normalized spacial score (nSPS) is 11.7. The quantitative estimate of drug-likeness (QED) is 0.433. The molecule has 1 atom stereocenters. The van der Waals surface area contributed by atoms with Crippen LogP contribution in [0.3, 0.4) is 0 Å². The van der Waals surface area contributed by atoms with E-state index in [1.54, 1.807) is 0 Å². The number of carboxylic acids is 1. The van der Waals surface area contributed by atoms with Crippen molar-refractivity contribution in [1.82, 2.24) is 0 Å². The largest absolute Gasteiger partial charge is 3.00 e. The first-order valence-electron chi connectivity index (χ1n) is 1.63. The van der Waals surface area contributed by atoms with Crippen LogP contribution in [0.5, 0.6) is 0 Å². The zero-order valence-corrected chi connectivity index (χ0v) is 5.24. The van der Waals surface area contributed by atoms with Crippen LogP contribution in [0.1, 0.15) is 6.92 Å². The van der Waals surface area contributed by atoms with Gasteiger partial charge in [-0.05, 0) is 6.92 Å². The molecular formula is C3H7AlNO2+3. The van der Waals surface area contributed by atoms with E-state index in [1.807, 2.05) is 0 Å². The molecule has 0 heterocycles. The summed E-state index contributed by atoms with van der Waals surface area (Å²) in [5.41, 5.74) is 4.84. The summed E-state index contributed by atoms with van der Waals surface area (Å²) in [6.45, 7) is 1.42. The van der Waals surface area contributed by atoms with Crippen LogP contribution in [-0.2, 0) is 4.79 Å². The number of aliphatic carboxylic acids is 1. The molecule has 0 spiro atoms. The zero-order chi connectivity index (χ0) is 5.15. The third kappa shape index (κ3) is 5.96. The van der Waals surface area contributed by atoms with Crippen molar-refractivity contribution in [2.24, 2.45) is 5.73 Å². The predicted octanol–water partition coefficient (Wildman–Crippen LogP) is -0.963. The Bertz CT molecular complexity index is 64.0. The standard InChI is InChI=1S/C3H7NO2.Al/c1-2(4)3(5)6;/h2H,4H2,1H3,(H,5,6);/q;+3. The summed E-state index contributed by atoms with van der Waals surface area (Å²) in [6, 6.07) is -0.731. The topological polar surface area (TPSA) is 63.3 Å². The Hall–Kier alpha value is -0.0375. The van der Waals surface area contributed by atoms with E-state index in [1.165, 1.54) is 6.92 Å². The maximum absolute atomic E-state index is 9.57. The van der Waals surface area contributed by atoms with Crippen LogP contribution in [0.4, 0.5) is 0 Å². The maximum atomic E-state index is 9.57. The van der Waals surface area contributed by atoms with Gasteiger partial charge in [0.15, 0.2) is 0 Å². The predicted molar refractivity (Wildman–Crippen MR) is 27.0 cm³/mol. The molecule has 0 aliphatic rings. The molecule has 0 aromatic rings. The van der Waals surface area contributed by atoms with Gasteiger partial charge >= 0.3 is 23.3 Å². The minimum absolute atomic E-state index is 0. The number of carbonyl (C=O) groups is 1. The summed E-state index contributed by atoms with van der Waals surface area (Å²) < 4.78 is 0. The molecular weight excluding hydrogens is 109 g/mol. The Labute approximate surface area is 52.6 Å². The van der Waals surface area contributed by atoms with Gasteiger partial charge in [0, 0.05) is 0 Å². The fourth-order valence-electron chi connectivity index (χ4n) is 0. The third-order valence-corrected chi connectivity index (χ3v) is 0.390. The molecule has 0 fully saturated rings. The first-order valence-corrected chi connectivity index (χ1v) is 1.63. The van der Waals surface area contributed by atoms with Crippen molar-refractivity contribution in [3.8, 4) is 0 Å². The average Bonchev–Trinajstić information content (AvgIpc) is 1.36. The SMILES string of the molecule is CC(N)C(=O)O.[Al+3]. The Morgan fingerprint density at radius 2 is 2.00 bits per heavy atom. The smallest absolute Gasteiger partial charge is 0.480 e. The van der Waals surface area contributed by atoms with Gasteiger partial charge in [0.05, 0.1) is 0 Å². The minimum atomic E-state index is -0.963. The molecule has 0 amide bonds. The molecule has 36 valence electrons. The zero-order valence-electron chi connectivity index (χ0n) is 4.09. The van der Waals surface area contributed by atoms with E-state index in [9.17, 15) is 4.79 Å². The van der Waals surface area contributed by atoms with Crippen molar-refractivity contribution in [2.45, 2.75) is 13.0 Å². The second kappa shape index (κ2) is 4.13. The van der Waals surface area contributed by atoms with Crippen LogP contribution in [-0.4, -0.2) is 34.5 Å². The van der Waals surface area contributed by atoms with Crippen molar-refractivity contribution in [3.63, 3.8) is 0 Å². The average molecular weight is 116 g/mol. The van der Waals surface area contributed by atoms with Crippen molar-refractivity contribution in [3.05, 3.63) is 0 Å². The van der Waals surface area contributed by atoms with E-state index in [0.717, 1.165) is 0 Å². The molecule has 3 N–H and O–H groups in total. The second-order valence-electron chi connectivity index (χ2n) is 1.13. The van der Waals surface area contributed by atoms with E-state index >= 15 is 0 Å². The first kappa shape index (κ1) is 10.1. The van der Waals surface area contributed by atoms with Gasteiger partial charge in [0.1, 0.15) is 6.04 Å². The molecule has 0 aliphatic carbocycles. The summed E-state index contributed by atoms with van der Waals surface area (Å²) >= 11 is 0. The van der Waals surface area contributed by atoms with Crippen molar-refractivity contribution in [2.75, 3.05) is 0 Å². The minimum Gasteiger partial charge on any atom is -0.480 e. The van der Waals surface area contributed by atoms with Crippen LogP contribution in [0.2, 0.25) is 0 Å². The Morgan fingerprint density at radius 3 is 2.00 bits per heavy atom. The van der Waals surface area contributed by atoms with Crippen molar-refractivity contribution < 1.29 is 9.90 Å². The number of nitrogens with two attached hydrogens (primary N) is 1. The van der Waals surface area contributed by atoms with Gasteiger partial charge in [-0.1, -0.05) is 0 Å². The second-order valence-corrected chi connectivity index (χ2v) is 1.13. The molecule has 7 heavy (non-hydrogen) atoms. The molecule has 0 saturated heterocycles. The fraction of sp³-hybridized carbons (Fsp3) is 0.667. The molecule has 0 aromatic heterocycles. The van der Waals surface area contributed by atoms with Crippen molar-refractivity contribution >= 4 is 23.3 Å². The fourth-order valence-corrected chi connectivity index (χ4v) is 0. The number of carboxylic acid groups (broad SMARTS) is 1. The number of rotatable bonds is 1. The molecule has 4 heteroatoms. The molecule has 0 radical (unpaired) electrons. The molecule has 0 rings (SSSR count). The van der Waals surface area contributed by atoms with Gasteiger partial charge in [-0.3, -0.25) is 4.79 Å². The summed E-state index contributed by atoms with van der Waals surface area (Å²) in [7, 11) is 0. The van der Waals surface area contributed by atoms with Crippen LogP contribution < -0.4 is 5.73 Å². The van der Waals surface area contributed by atoms with Crippen LogP contribution in [0.15, 0.2) is 0 Å².